The zero-order valence-electron chi connectivity index (χ0n) is 18.4. The van der Waals surface area contributed by atoms with Crippen LogP contribution in [-0.2, 0) is 11.3 Å². The summed E-state index contributed by atoms with van der Waals surface area (Å²) >= 11 is 1.60. The van der Waals surface area contributed by atoms with E-state index in [0.717, 1.165) is 27.6 Å². The molecule has 0 aliphatic rings. The third kappa shape index (κ3) is 4.88. The third-order valence-electron chi connectivity index (χ3n) is 5.30. The summed E-state index contributed by atoms with van der Waals surface area (Å²) in [6.45, 7) is 1.23. The minimum absolute atomic E-state index is 0.352. The molecule has 8 nitrogen and oxygen atoms in total. The van der Waals surface area contributed by atoms with Gasteiger partial charge in [0.15, 0.2) is 5.82 Å². The van der Waals surface area contributed by atoms with Crippen molar-refractivity contribution in [1.29, 1.82) is 0 Å². The van der Waals surface area contributed by atoms with Crippen molar-refractivity contribution >= 4 is 38.3 Å². The van der Waals surface area contributed by atoms with E-state index in [2.05, 4.69) is 10.2 Å². The first-order chi connectivity index (χ1) is 17.1. The van der Waals surface area contributed by atoms with Gasteiger partial charge in [0.2, 0.25) is 0 Å². The highest BCUT2D eigenvalue weighted by atomic mass is 32.1. The highest BCUT2D eigenvalue weighted by molar-refractivity contribution is 7.17. The first-order valence-electron chi connectivity index (χ1n) is 10.5. The summed E-state index contributed by atoms with van der Waals surface area (Å²) in [4.78, 5) is 21.6. The molecule has 0 aliphatic heterocycles. The van der Waals surface area contributed by atoms with Crippen LogP contribution < -0.4 is 11.4 Å². The van der Waals surface area contributed by atoms with Crippen molar-refractivity contribution in [2.45, 2.75) is 19.1 Å². The fraction of sp³-hybridized carbons (Fsp3) is 0.174. The lowest BCUT2D eigenvalue weighted by Gasteiger charge is -2.04. The zero-order valence-corrected chi connectivity index (χ0v) is 19.2. The molecule has 3 aromatic heterocycles. The molecule has 3 heterocycles. The summed E-state index contributed by atoms with van der Waals surface area (Å²) in [6, 6.07) is 12.6. The number of nitrogens with zero attached hydrogens (tertiary/aromatic N) is 3. The van der Waals surface area contributed by atoms with Gasteiger partial charge in [0.05, 0.1) is 11.2 Å². The van der Waals surface area contributed by atoms with Gasteiger partial charge in [0, 0.05) is 39.2 Å². The zero-order chi connectivity index (χ0) is 26.0. The molecule has 0 saturated carbocycles. The second-order valence-electron chi connectivity index (χ2n) is 7.65. The van der Waals surface area contributed by atoms with E-state index in [1.807, 2.05) is 40.4 Å². The van der Waals surface area contributed by atoms with Crippen LogP contribution in [0.15, 0.2) is 58.8 Å². The molecule has 0 bridgehead atoms. The molecule has 13 heteroatoms. The molecule has 0 aliphatic carbocycles. The van der Waals surface area contributed by atoms with Crippen molar-refractivity contribution in [2.75, 3.05) is 6.54 Å². The van der Waals surface area contributed by atoms with E-state index in [9.17, 15) is 22.4 Å². The summed E-state index contributed by atoms with van der Waals surface area (Å²) in [7, 11) is 0. The number of benzene rings is 2. The molecule has 0 fully saturated rings. The molecule has 0 atom stereocenters. The van der Waals surface area contributed by atoms with Crippen LogP contribution in [0.1, 0.15) is 6.42 Å². The minimum Gasteiger partial charge on any atom is -0.475 e. The fourth-order valence-electron chi connectivity index (χ4n) is 3.73. The number of halogens is 4. The van der Waals surface area contributed by atoms with Crippen LogP contribution in [0.4, 0.5) is 17.6 Å². The maximum atomic E-state index is 14.1. The summed E-state index contributed by atoms with van der Waals surface area (Å²) < 4.78 is 50.4. The molecule has 188 valence electrons. The topological polar surface area (TPSA) is 119 Å². The van der Waals surface area contributed by atoms with Crippen molar-refractivity contribution in [3.05, 3.63) is 70.3 Å². The second kappa shape index (κ2) is 9.95. The molecule has 5 rings (SSSR count). The third-order valence-corrected chi connectivity index (χ3v) is 6.27. The number of carboxylic acids is 1. The number of aryl methyl sites for hydroxylation is 1. The maximum absolute atomic E-state index is 14.1. The Labute approximate surface area is 204 Å². The number of H-pyrrole nitrogens is 1. The Balaban J connectivity index is 0.000000384. The van der Waals surface area contributed by atoms with E-state index in [-0.39, 0.29) is 11.5 Å². The van der Waals surface area contributed by atoms with Gasteiger partial charge in [-0.15, -0.1) is 11.3 Å². The maximum Gasteiger partial charge on any atom is 0.490 e. The lowest BCUT2D eigenvalue weighted by molar-refractivity contribution is -0.192. The largest absolute Gasteiger partial charge is 0.490 e. The van der Waals surface area contributed by atoms with Crippen molar-refractivity contribution in [1.82, 2.24) is 19.3 Å². The molecule has 0 spiro atoms. The highest BCUT2D eigenvalue weighted by Crippen LogP contribution is 2.34. The number of carboxylic acid groups (broad SMARTS) is 1. The lowest BCUT2D eigenvalue weighted by Crippen LogP contribution is -2.21. The van der Waals surface area contributed by atoms with Crippen LogP contribution in [0.3, 0.4) is 0 Å². The van der Waals surface area contributed by atoms with E-state index in [1.54, 1.807) is 17.4 Å². The molecular weight excluding hydrogens is 502 g/mol. The number of aromatic amines is 1. The second-order valence-corrected chi connectivity index (χ2v) is 8.56. The Bertz CT molecular complexity index is 1600. The van der Waals surface area contributed by atoms with Gasteiger partial charge >= 0.3 is 17.8 Å². The molecule has 5 aromatic rings. The highest BCUT2D eigenvalue weighted by Gasteiger charge is 2.38. The monoisotopic (exact) mass is 521 g/mol. The average Bonchev–Trinajstić information content (AvgIpc) is 3.52. The quantitative estimate of drug-likeness (QED) is 0.294. The van der Waals surface area contributed by atoms with Crippen LogP contribution in [-0.4, -0.2) is 43.1 Å². The van der Waals surface area contributed by atoms with Gasteiger partial charge in [-0.2, -0.15) is 18.3 Å². The number of thiophene rings is 1. The van der Waals surface area contributed by atoms with Gasteiger partial charge in [-0.1, -0.05) is 18.2 Å². The summed E-state index contributed by atoms with van der Waals surface area (Å²) in [6.07, 6.45) is -2.43. The van der Waals surface area contributed by atoms with Crippen molar-refractivity contribution in [3.8, 4) is 17.1 Å². The Kier molecular flexibility index (Phi) is 6.95. The Hall–Kier alpha value is -3.97. The van der Waals surface area contributed by atoms with E-state index in [1.165, 1.54) is 16.7 Å². The smallest absolute Gasteiger partial charge is 0.475 e. The van der Waals surface area contributed by atoms with Gasteiger partial charge < -0.3 is 15.4 Å². The number of hydrogen-bond donors (Lipinski definition) is 3. The molecule has 36 heavy (non-hydrogen) atoms. The van der Waals surface area contributed by atoms with E-state index >= 15 is 0 Å². The first-order valence-corrected chi connectivity index (χ1v) is 11.4. The van der Waals surface area contributed by atoms with Gasteiger partial charge in [0.1, 0.15) is 5.82 Å². The van der Waals surface area contributed by atoms with Crippen molar-refractivity contribution in [2.24, 2.45) is 5.73 Å². The van der Waals surface area contributed by atoms with Crippen LogP contribution in [0, 0.1) is 5.82 Å². The molecule has 2 aromatic carbocycles. The molecule has 0 radical (unpaired) electrons. The number of hydrogen-bond acceptors (Lipinski definition) is 5. The predicted molar refractivity (Wildman–Crippen MR) is 128 cm³/mol. The molecule has 0 unspecified atom stereocenters. The van der Waals surface area contributed by atoms with Crippen LogP contribution in [0.2, 0.25) is 0 Å². The number of aromatic nitrogens is 4. The number of carbonyl (C=O) groups is 1. The van der Waals surface area contributed by atoms with Gasteiger partial charge in [0.25, 0.3) is 0 Å². The van der Waals surface area contributed by atoms with Crippen molar-refractivity contribution < 1.29 is 27.5 Å². The number of aliphatic carboxylic acids is 1. The van der Waals surface area contributed by atoms with Crippen LogP contribution in [0.25, 0.3) is 38.1 Å². The van der Waals surface area contributed by atoms with Crippen molar-refractivity contribution in [3.63, 3.8) is 0 Å². The number of alkyl halides is 3. The molecule has 4 N–H and O–H groups in total. The number of fused-ring (bicyclic) bond motifs is 2. The summed E-state index contributed by atoms with van der Waals surface area (Å²) in [5.41, 5.74) is 7.62. The predicted octanol–water partition coefficient (Wildman–Crippen LogP) is 4.52. The Morgan fingerprint density at radius 3 is 2.58 bits per heavy atom. The van der Waals surface area contributed by atoms with Gasteiger partial charge in [-0.3, -0.25) is 0 Å². The SMILES string of the molecule is NCCCn1cc(-n2c(-c3csc4ccccc34)n[nH]c2=O)c2cc(F)ccc21.O=C(O)C(F)(F)F. The Morgan fingerprint density at radius 1 is 1.17 bits per heavy atom. The number of nitrogens with one attached hydrogen (secondary N) is 1. The van der Waals surface area contributed by atoms with E-state index in [4.69, 9.17) is 15.6 Å². The Morgan fingerprint density at radius 2 is 1.89 bits per heavy atom. The standard InChI is InChI=1S/C21H18FN5OS.C2HF3O2/c22-13-6-7-17-15(10-13)18(11-26(17)9-3-8-23)27-20(24-25-21(27)28)16-12-29-19-5-2-1-4-14(16)19;3-2(4,5)1(6)7/h1-2,4-7,10-12H,3,8-9,23H2,(H,25,28);(H,6,7). The lowest BCUT2D eigenvalue weighted by atomic mass is 10.1. The summed E-state index contributed by atoms with van der Waals surface area (Å²) in [5.74, 6) is -2.60. The van der Waals surface area contributed by atoms with E-state index < -0.39 is 12.1 Å². The summed E-state index contributed by atoms with van der Waals surface area (Å²) in [5, 5.41) is 17.7. The minimum atomic E-state index is -5.08. The normalized spacial score (nSPS) is 11.6. The van der Waals surface area contributed by atoms with Crippen LogP contribution in [0.5, 0.6) is 0 Å². The van der Waals surface area contributed by atoms with Crippen LogP contribution >= 0.6 is 11.3 Å². The molecule has 0 saturated heterocycles. The van der Waals surface area contributed by atoms with Gasteiger partial charge in [-0.25, -0.2) is 23.6 Å². The van der Waals surface area contributed by atoms with Gasteiger partial charge in [-0.05, 0) is 37.2 Å². The number of nitrogens with two attached hydrogens (primary N) is 1. The average molecular weight is 521 g/mol. The molecular formula is C23H19F4N5O3S. The number of rotatable bonds is 5. The van der Waals surface area contributed by atoms with E-state index in [0.29, 0.717) is 30.0 Å². The fourth-order valence-corrected chi connectivity index (χ4v) is 4.67. The first kappa shape index (κ1) is 25.1. The molecule has 0 amide bonds.